The SMILES string of the molecule is O=C(O)c1ccccc1[C@@H]1C[C@@H](c2ccc3ccccc3c2)c2ccccc21. The second-order valence-corrected chi connectivity index (χ2v) is 7.47. The van der Waals surface area contributed by atoms with Gasteiger partial charge in [-0.25, -0.2) is 4.79 Å². The molecule has 4 aromatic rings. The van der Waals surface area contributed by atoms with Gasteiger partial charge in [-0.2, -0.15) is 0 Å². The molecule has 0 saturated carbocycles. The van der Waals surface area contributed by atoms with Crippen molar-refractivity contribution < 1.29 is 9.90 Å². The molecule has 0 unspecified atom stereocenters. The second kappa shape index (κ2) is 6.65. The first-order chi connectivity index (χ1) is 13.7. The van der Waals surface area contributed by atoms with Gasteiger partial charge in [-0.05, 0) is 45.5 Å². The molecule has 0 aromatic heterocycles. The normalized spacial score (nSPS) is 18.1. The standard InChI is InChI=1S/C26H20O2/c27-26(28)23-12-6-5-11-22(23)25-16-24(20-9-3-4-10-21(20)25)19-14-13-17-7-1-2-8-18(17)15-19/h1-15,24-25H,16H2,(H,27,28)/t24-,25+/m0/s1. The molecule has 0 heterocycles. The molecule has 2 nitrogen and oxygen atoms in total. The summed E-state index contributed by atoms with van der Waals surface area (Å²) in [6.45, 7) is 0. The van der Waals surface area contributed by atoms with Crippen LogP contribution in [0.2, 0.25) is 0 Å². The lowest BCUT2D eigenvalue weighted by Gasteiger charge is -2.16. The minimum atomic E-state index is -0.859. The summed E-state index contributed by atoms with van der Waals surface area (Å²) >= 11 is 0. The lowest BCUT2D eigenvalue weighted by molar-refractivity contribution is 0.0695. The topological polar surface area (TPSA) is 37.3 Å². The molecular formula is C26H20O2. The fourth-order valence-electron chi connectivity index (χ4n) is 4.67. The molecule has 28 heavy (non-hydrogen) atoms. The highest BCUT2D eigenvalue weighted by Gasteiger charge is 2.34. The van der Waals surface area contributed by atoms with E-state index in [1.807, 2.05) is 12.1 Å². The molecule has 0 bridgehead atoms. The number of fused-ring (bicyclic) bond motifs is 2. The van der Waals surface area contributed by atoms with Gasteiger partial charge in [0.15, 0.2) is 0 Å². The maximum atomic E-state index is 11.8. The summed E-state index contributed by atoms with van der Waals surface area (Å²) in [7, 11) is 0. The Bertz CT molecular complexity index is 1190. The van der Waals surface area contributed by atoms with Gasteiger partial charge in [-0.3, -0.25) is 0 Å². The van der Waals surface area contributed by atoms with Crippen LogP contribution in [-0.4, -0.2) is 11.1 Å². The van der Waals surface area contributed by atoms with E-state index in [2.05, 4.69) is 66.7 Å². The average molecular weight is 364 g/mol. The van der Waals surface area contributed by atoms with Gasteiger partial charge in [0.25, 0.3) is 0 Å². The van der Waals surface area contributed by atoms with Crippen LogP contribution in [0.5, 0.6) is 0 Å². The van der Waals surface area contributed by atoms with E-state index in [-0.39, 0.29) is 11.8 Å². The number of carboxylic acids is 1. The fraction of sp³-hybridized carbons (Fsp3) is 0.115. The number of carboxylic acid groups (broad SMARTS) is 1. The minimum absolute atomic E-state index is 0.0972. The van der Waals surface area contributed by atoms with Crippen molar-refractivity contribution in [1.29, 1.82) is 0 Å². The summed E-state index contributed by atoms with van der Waals surface area (Å²) in [5, 5.41) is 12.2. The Kier molecular flexibility index (Phi) is 3.98. The van der Waals surface area contributed by atoms with Gasteiger partial charge in [0.2, 0.25) is 0 Å². The predicted octanol–water partition coefficient (Wildman–Crippen LogP) is 6.21. The van der Waals surface area contributed by atoms with Crippen molar-refractivity contribution in [3.8, 4) is 0 Å². The number of rotatable bonds is 3. The van der Waals surface area contributed by atoms with E-state index < -0.39 is 5.97 Å². The van der Waals surface area contributed by atoms with Crippen LogP contribution in [0.15, 0.2) is 91.0 Å². The van der Waals surface area contributed by atoms with Crippen LogP contribution in [0.4, 0.5) is 0 Å². The summed E-state index contributed by atoms with van der Waals surface area (Å²) in [5.41, 5.74) is 5.16. The summed E-state index contributed by atoms with van der Waals surface area (Å²) in [6.07, 6.45) is 0.891. The van der Waals surface area contributed by atoms with Gasteiger partial charge >= 0.3 is 5.97 Å². The quantitative estimate of drug-likeness (QED) is 0.469. The maximum Gasteiger partial charge on any atom is 0.335 e. The largest absolute Gasteiger partial charge is 0.478 e. The summed E-state index contributed by atoms with van der Waals surface area (Å²) < 4.78 is 0. The van der Waals surface area contributed by atoms with Crippen LogP contribution in [-0.2, 0) is 0 Å². The molecular weight excluding hydrogens is 344 g/mol. The first-order valence-electron chi connectivity index (χ1n) is 9.62. The Morgan fingerprint density at radius 3 is 2.04 bits per heavy atom. The second-order valence-electron chi connectivity index (χ2n) is 7.47. The molecule has 136 valence electrons. The molecule has 0 aliphatic heterocycles. The van der Waals surface area contributed by atoms with E-state index in [0.29, 0.717) is 5.56 Å². The molecule has 4 aromatic carbocycles. The van der Waals surface area contributed by atoms with Crippen molar-refractivity contribution in [2.24, 2.45) is 0 Å². The van der Waals surface area contributed by atoms with Crippen molar-refractivity contribution in [2.45, 2.75) is 18.3 Å². The molecule has 1 N–H and O–H groups in total. The van der Waals surface area contributed by atoms with Crippen molar-refractivity contribution in [3.63, 3.8) is 0 Å². The maximum absolute atomic E-state index is 11.8. The van der Waals surface area contributed by atoms with Crippen LogP contribution < -0.4 is 0 Å². The average Bonchev–Trinajstić information content (AvgIpc) is 3.13. The van der Waals surface area contributed by atoms with Crippen molar-refractivity contribution in [3.05, 3.63) is 119 Å². The van der Waals surface area contributed by atoms with E-state index in [0.717, 1.165) is 12.0 Å². The Morgan fingerprint density at radius 1 is 0.679 bits per heavy atom. The Hall–Kier alpha value is -3.39. The highest BCUT2D eigenvalue weighted by Crippen LogP contribution is 2.49. The Labute approximate surface area is 164 Å². The van der Waals surface area contributed by atoms with Crippen LogP contribution in [0.25, 0.3) is 10.8 Å². The first-order valence-corrected chi connectivity index (χ1v) is 9.62. The van der Waals surface area contributed by atoms with Gasteiger partial charge in [0.05, 0.1) is 5.56 Å². The van der Waals surface area contributed by atoms with E-state index in [1.165, 1.54) is 27.5 Å². The number of hydrogen-bond donors (Lipinski definition) is 1. The lowest BCUT2D eigenvalue weighted by atomic mass is 9.87. The van der Waals surface area contributed by atoms with E-state index in [4.69, 9.17) is 0 Å². The van der Waals surface area contributed by atoms with Gasteiger partial charge in [0, 0.05) is 11.8 Å². The van der Waals surface area contributed by atoms with Gasteiger partial charge in [-0.15, -0.1) is 0 Å². The molecule has 0 spiro atoms. The van der Waals surface area contributed by atoms with E-state index in [1.54, 1.807) is 12.1 Å². The lowest BCUT2D eigenvalue weighted by Crippen LogP contribution is -2.07. The third-order valence-corrected chi connectivity index (χ3v) is 5.96. The molecule has 2 atom stereocenters. The molecule has 0 amide bonds. The van der Waals surface area contributed by atoms with Crippen molar-refractivity contribution in [1.82, 2.24) is 0 Å². The van der Waals surface area contributed by atoms with Crippen LogP contribution in [0.3, 0.4) is 0 Å². The summed E-state index contributed by atoms with van der Waals surface area (Å²) in [4.78, 5) is 11.8. The zero-order chi connectivity index (χ0) is 19.1. The molecule has 2 heteroatoms. The van der Waals surface area contributed by atoms with Crippen molar-refractivity contribution >= 4 is 16.7 Å². The van der Waals surface area contributed by atoms with E-state index in [9.17, 15) is 9.90 Å². The molecule has 0 fully saturated rings. The molecule has 0 saturated heterocycles. The van der Waals surface area contributed by atoms with Crippen LogP contribution in [0, 0.1) is 0 Å². The summed E-state index contributed by atoms with van der Waals surface area (Å²) in [5.74, 6) is -0.491. The predicted molar refractivity (Wildman–Crippen MR) is 112 cm³/mol. The third kappa shape index (κ3) is 2.69. The van der Waals surface area contributed by atoms with Gasteiger partial charge in [0.1, 0.15) is 0 Å². The highest BCUT2D eigenvalue weighted by atomic mass is 16.4. The van der Waals surface area contributed by atoms with Gasteiger partial charge in [-0.1, -0.05) is 84.9 Å². The minimum Gasteiger partial charge on any atom is -0.478 e. The first kappa shape index (κ1) is 16.8. The molecule has 0 radical (unpaired) electrons. The molecule has 5 rings (SSSR count). The summed E-state index contributed by atoms with van der Waals surface area (Å²) in [6, 6.07) is 31.0. The smallest absolute Gasteiger partial charge is 0.335 e. The number of hydrogen-bond acceptors (Lipinski definition) is 1. The zero-order valence-corrected chi connectivity index (χ0v) is 15.4. The fourth-order valence-corrected chi connectivity index (χ4v) is 4.67. The number of aromatic carboxylic acids is 1. The van der Waals surface area contributed by atoms with Crippen LogP contribution >= 0.6 is 0 Å². The van der Waals surface area contributed by atoms with Gasteiger partial charge < -0.3 is 5.11 Å². The van der Waals surface area contributed by atoms with E-state index >= 15 is 0 Å². The molecule has 1 aliphatic rings. The number of carbonyl (C=O) groups is 1. The number of benzene rings is 4. The third-order valence-electron chi connectivity index (χ3n) is 5.96. The Balaban J connectivity index is 1.63. The van der Waals surface area contributed by atoms with Crippen molar-refractivity contribution in [2.75, 3.05) is 0 Å². The highest BCUT2D eigenvalue weighted by molar-refractivity contribution is 5.90. The zero-order valence-electron chi connectivity index (χ0n) is 15.4. The molecule has 1 aliphatic carbocycles. The van der Waals surface area contributed by atoms with Crippen LogP contribution in [0.1, 0.15) is 50.9 Å². The Morgan fingerprint density at radius 2 is 1.29 bits per heavy atom. The monoisotopic (exact) mass is 364 g/mol.